The normalized spacial score (nSPS) is 21.8. The number of aromatic nitrogens is 2. The van der Waals surface area contributed by atoms with Crippen molar-refractivity contribution >= 4 is 22.9 Å². The molecule has 2 aliphatic carbocycles. The molecule has 1 aromatic heterocycles. The second kappa shape index (κ2) is 7.20. The lowest BCUT2D eigenvalue weighted by molar-refractivity contribution is -0.120. The number of rotatable bonds is 4. The summed E-state index contributed by atoms with van der Waals surface area (Å²) >= 11 is 1.53. The first-order valence-electron chi connectivity index (χ1n) is 9.64. The Kier molecular flexibility index (Phi) is 4.90. The Morgan fingerprint density at radius 2 is 2.04 bits per heavy atom. The lowest BCUT2D eigenvalue weighted by Gasteiger charge is -2.38. The second-order valence-corrected chi connectivity index (χ2v) is 8.56. The van der Waals surface area contributed by atoms with Crippen molar-refractivity contribution in [2.75, 3.05) is 4.90 Å². The molecule has 3 N–H and O–H groups in total. The Hall–Kier alpha value is -1.99. The van der Waals surface area contributed by atoms with E-state index < -0.39 is 0 Å². The molecule has 2 saturated carbocycles. The lowest BCUT2D eigenvalue weighted by atomic mass is 9.92. The molecule has 0 spiro atoms. The van der Waals surface area contributed by atoms with Crippen LogP contribution in [0.1, 0.15) is 51.0 Å². The van der Waals surface area contributed by atoms with E-state index in [1.165, 1.54) is 23.3 Å². The summed E-state index contributed by atoms with van der Waals surface area (Å²) in [5.74, 6) is 1.45. The SMILES string of the molecule is C[C@H]1CCc2c(ccc(-c3nncs3)c2OC2CCC2)N1C(=O)C1CC1.N. The van der Waals surface area contributed by atoms with E-state index in [0.717, 1.165) is 60.5 Å². The van der Waals surface area contributed by atoms with Crippen molar-refractivity contribution in [3.8, 4) is 16.3 Å². The average molecular weight is 387 g/mol. The molecule has 1 aliphatic heterocycles. The van der Waals surface area contributed by atoms with Crippen LogP contribution in [-0.2, 0) is 11.2 Å². The predicted octanol–water partition coefficient (Wildman–Crippen LogP) is 4.38. The van der Waals surface area contributed by atoms with Crippen LogP contribution in [0.5, 0.6) is 5.75 Å². The fraction of sp³-hybridized carbons (Fsp3) is 0.550. The molecule has 1 aromatic carbocycles. The lowest BCUT2D eigenvalue weighted by Crippen LogP contribution is -2.43. The van der Waals surface area contributed by atoms with Gasteiger partial charge < -0.3 is 15.8 Å². The number of ether oxygens (including phenoxy) is 1. The quantitative estimate of drug-likeness (QED) is 0.842. The molecule has 5 rings (SSSR count). The highest BCUT2D eigenvalue weighted by atomic mass is 32.1. The van der Waals surface area contributed by atoms with Gasteiger partial charge in [-0.1, -0.05) is 11.3 Å². The molecule has 6 nitrogen and oxygen atoms in total. The third-order valence-corrected chi connectivity index (χ3v) is 6.56. The summed E-state index contributed by atoms with van der Waals surface area (Å²) < 4.78 is 6.44. The number of hydrogen-bond acceptors (Lipinski definition) is 6. The minimum Gasteiger partial charge on any atom is -0.489 e. The summed E-state index contributed by atoms with van der Waals surface area (Å²) in [7, 11) is 0. The molecule has 0 saturated heterocycles. The number of amides is 1. The van der Waals surface area contributed by atoms with E-state index in [9.17, 15) is 4.79 Å². The van der Waals surface area contributed by atoms with Gasteiger partial charge in [0.1, 0.15) is 11.3 Å². The van der Waals surface area contributed by atoms with E-state index in [4.69, 9.17) is 4.74 Å². The molecule has 2 fully saturated rings. The van der Waals surface area contributed by atoms with Crippen LogP contribution in [0.4, 0.5) is 5.69 Å². The fourth-order valence-corrected chi connectivity index (χ4v) is 4.49. The second-order valence-electron chi connectivity index (χ2n) is 7.72. The Balaban J connectivity index is 0.00000180. The first-order valence-corrected chi connectivity index (χ1v) is 10.5. The summed E-state index contributed by atoms with van der Waals surface area (Å²) in [6.07, 6.45) is 7.74. The zero-order valence-electron chi connectivity index (χ0n) is 15.7. The highest BCUT2D eigenvalue weighted by Gasteiger charge is 2.39. The molecule has 2 aromatic rings. The van der Waals surface area contributed by atoms with Gasteiger partial charge in [-0.05, 0) is 64.0 Å². The Morgan fingerprint density at radius 3 is 2.67 bits per heavy atom. The van der Waals surface area contributed by atoms with Crippen molar-refractivity contribution in [2.45, 2.75) is 64.0 Å². The van der Waals surface area contributed by atoms with Gasteiger partial charge in [-0.2, -0.15) is 0 Å². The molecule has 7 heteroatoms. The van der Waals surface area contributed by atoms with E-state index >= 15 is 0 Å². The monoisotopic (exact) mass is 386 g/mol. The molecule has 27 heavy (non-hydrogen) atoms. The first kappa shape index (κ1) is 18.4. The van der Waals surface area contributed by atoms with Gasteiger partial charge >= 0.3 is 0 Å². The number of fused-ring (bicyclic) bond motifs is 1. The fourth-order valence-electron chi connectivity index (χ4n) is 3.92. The van der Waals surface area contributed by atoms with Crippen LogP contribution in [0.3, 0.4) is 0 Å². The summed E-state index contributed by atoms with van der Waals surface area (Å²) in [5, 5.41) is 9.15. The third kappa shape index (κ3) is 3.23. The number of benzene rings is 1. The van der Waals surface area contributed by atoms with E-state index in [1.54, 1.807) is 5.51 Å². The van der Waals surface area contributed by atoms with E-state index in [2.05, 4.69) is 29.3 Å². The number of carbonyl (C=O) groups excluding carboxylic acids is 1. The molecule has 144 valence electrons. The van der Waals surface area contributed by atoms with Crippen molar-refractivity contribution in [3.05, 3.63) is 23.2 Å². The van der Waals surface area contributed by atoms with Crippen LogP contribution in [0, 0.1) is 5.92 Å². The summed E-state index contributed by atoms with van der Waals surface area (Å²) in [6, 6.07) is 4.41. The maximum atomic E-state index is 12.9. The van der Waals surface area contributed by atoms with Gasteiger partial charge in [0, 0.05) is 17.5 Å². The van der Waals surface area contributed by atoms with E-state index in [-0.39, 0.29) is 24.0 Å². The smallest absolute Gasteiger partial charge is 0.230 e. The number of nitrogens with zero attached hydrogens (tertiary/aromatic N) is 3. The van der Waals surface area contributed by atoms with Crippen molar-refractivity contribution < 1.29 is 9.53 Å². The van der Waals surface area contributed by atoms with Crippen LogP contribution in [-0.4, -0.2) is 28.3 Å². The standard InChI is InChI=1S/C20H23N3O2S.H3N/c1-12-5-8-15-17(23(12)20(24)13-6-7-13)10-9-16(19-22-21-11-26-19)18(15)25-14-3-2-4-14;/h9-14H,2-8H2,1H3;1H3/t12-;/m0./s1. The molecule has 0 unspecified atom stereocenters. The van der Waals surface area contributed by atoms with Crippen molar-refractivity contribution in [1.82, 2.24) is 16.3 Å². The van der Waals surface area contributed by atoms with Gasteiger partial charge in [0.25, 0.3) is 0 Å². The highest BCUT2D eigenvalue weighted by molar-refractivity contribution is 7.12. The van der Waals surface area contributed by atoms with Crippen LogP contribution >= 0.6 is 11.3 Å². The van der Waals surface area contributed by atoms with Gasteiger partial charge in [-0.15, -0.1) is 10.2 Å². The summed E-state index contributed by atoms with van der Waals surface area (Å²) in [5.41, 5.74) is 5.00. The minimum absolute atomic E-state index is 0. The van der Waals surface area contributed by atoms with Gasteiger partial charge in [-0.25, -0.2) is 0 Å². The van der Waals surface area contributed by atoms with Gasteiger partial charge in [-0.3, -0.25) is 4.79 Å². The molecular weight excluding hydrogens is 360 g/mol. The zero-order valence-corrected chi connectivity index (χ0v) is 16.5. The Labute approximate surface area is 163 Å². The zero-order chi connectivity index (χ0) is 17.7. The number of hydrogen-bond donors (Lipinski definition) is 1. The van der Waals surface area contributed by atoms with Gasteiger partial charge in [0.05, 0.1) is 17.4 Å². The van der Waals surface area contributed by atoms with Crippen molar-refractivity contribution in [3.63, 3.8) is 0 Å². The van der Waals surface area contributed by atoms with Crippen LogP contribution < -0.4 is 15.8 Å². The number of anilines is 1. The third-order valence-electron chi connectivity index (χ3n) is 5.84. The first-order chi connectivity index (χ1) is 12.7. The maximum Gasteiger partial charge on any atom is 0.230 e. The molecule has 1 amide bonds. The summed E-state index contributed by atoms with van der Waals surface area (Å²) in [6.45, 7) is 2.16. The molecule has 2 heterocycles. The van der Waals surface area contributed by atoms with Crippen molar-refractivity contribution in [1.29, 1.82) is 0 Å². The molecule has 0 radical (unpaired) electrons. The summed E-state index contributed by atoms with van der Waals surface area (Å²) in [4.78, 5) is 14.9. The number of carbonyl (C=O) groups is 1. The van der Waals surface area contributed by atoms with Crippen LogP contribution in [0.2, 0.25) is 0 Å². The Bertz CT molecular complexity index is 831. The predicted molar refractivity (Wildman–Crippen MR) is 107 cm³/mol. The average Bonchev–Trinajstić information content (AvgIpc) is 3.32. The largest absolute Gasteiger partial charge is 0.489 e. The van der Waals surface area contributed by atoms with Gasteiger partial charge in [0.15, 0.2) is 5.01 Å². The van der Waals surface area contributed by atoms with Crippen LogP contribution in [0.15, 0.2) is 17.6 Å². The molecule has 1 atom stereocenters. The molecular formula is C20H26N4O2S. The highest BCUT2D eigenvalue weighted by Crippen LogP contribution is 2.46. The van der Waals surface area contributed by atoms with Crippen molar-refractivity contribution in [2.24, 2.45) is 5.92 Å². The van der Waals surface area contributed by atoms with Gasteiger partial charge in [0.2, 0.25) is 5.91 Å². The molecule has 0 bridgehead atoms. The molecule has 3 aliphatic rings. The maximum absolute atomic E-state index is 12.9. The minimum atomic E-state index is 0. The Morgan fingerprint density at radius 1 is 1.22 bits per heavy atom. The van der Waals surface area contributed by atoms with E-state index in [1.807, 2.05) is 4.90 Å². The van der Waals surface area contributed by atoms with Crippen LogP contribution in [0.25, 0.3) is 10.6 Å². The topological polar surface area (TPSA) is 90.3 Å². The van der Waals surface area contributed by atoms with E-state index in [0.29, 0.717) is 6.10 Å².